The van der Waals surface area contributed by atoms with Crippen molar-refractivity contribution in [3.05, 3.63) is 47.8 Å². The maximum atomic E-state index is 10.3. The molecule has 0 bridgehead atoms. The van der Waals surface area contributed by atoms with Crippen LogP contribution in [0, 0.1) is 0 Å². The van der Waals surface area contributed by atoms with Crippen LogP contribution in [0.2, 0.25) is 5.02 Å². The zero-order chi connectivity index (χ0) is 25.9. The van der Waals surface area contributed by atoms with Gasteiger partial charge in [0.15, 0.2) is 29.3 Å². The number of nitrogens with one attached hydrogen (secondary N) is 1. The van der Waals surface area contributed by atoms with Crippen LogP contribution >= 0.6 is 11.6 Å². The Morgan fingerprint density at radius 3 is 2.81 bits per heavy atom. The van der Waals surface area contributed by atoms with E-state index in [1.807, 2.05) is 17.8 Å². The Morgan fingerprint density at radius 1 is 1.22 bits per heavy atom. The molecule has 1 aliphatic rings. The smallest absolute Gasteiger partial charge is 0.210 e. The van der Waals surface area contributed by atoms with E-state index in [9.17, 15) is 5.11 Å². The Morgan fingerprint density at radius 2 is 2.05 bits per heavy atom. The van der Waals surface area contributed by atoms with Crippen molar-refractivity contribution in [1.82, 2.24) is 38.9 Å². The van der Waals surface area contributed by atoms with Crippen molar-refractivity contribution in [3.63, 3.8) is 0 Å². The molecule has 13 heteroatoms. The number of nitrogens with zero attached hydrogens (tertiary/aromatic N) is 8. The van der Waals surface area contributed by atoms with Crippen molar-refractivity contribution < 1.29 is 14.6 Å². The van der Waals surface area contributed by atoms with Gasteiger partial charge in [-0.25, -0.2) is 9.50 Å². The number of aliphatic hydroxyl groups is 1. The van der Waals surface area contributed by atoms with Crippen LogP contribution in [-0.2, 0) is 17.2 Å². The summed E-state index contributed by atoms with van der Waals surface area (Å²) in [5.74, 6) is 1.98. The third-order valence-electron chi connectivity index (χ3n) is 6.40. The third-order valence-corrected chi connectivity index (χ3v) is 6.77. The minimum absolute atomic E-state index is 0.202. The van der Waals surface area contributed by atoms with Crippen LogP contribution in [0.25, 0.3) is 16.7 Å². The van der Waals surface area contributed by atoms with Crippen LogP contribution in [-0.4, -0.2) is 56.9 Å². The van der Waals surface area contributed by atoms with Gasteiger partial charge in [0, 0.05) is 36.6 Å². The van der Waals surface area contributed by atoms with Crippen molar-refractivity contribution >= 4 is 40.0 Å². The lowest BCUT2D eigenvalue weighted by Crippen LogP contribution is -2.26. The van der Waals surface area contributed by atoms with Crippen molar-refractivity contribution in [1.29, 1.82) is 0 Å². The summed E-state index contributed by atoms with van der Waals surface area (Å²) >= 11 is 6.76. The fourth-order valence-corrected chi connectivity index (χ4v) is 4.79. The molecule has 2 N–H and O–H groups in total. The van der Waals surface area contributed by atoms with E-state index in [-0.39, 0.29) is 11.5 Å². The van der Waals surface area contributed by atoms with Crippen molar-refractivity contribution in [2.24, 2.45) is 7.05 Å². The van der Waals surface area contributed by atoms with Gasteiger partial charge in [0.2, 0.25) is 5.95 Å². The summed E-state index contributed by atoms with van der Waals surface area (Å²) in [6, 6.07) is 1.71. The Bertz CT molecular complexity index is 1620. The average Bonchev–Trinajstić information content (AvgIpc) is 3.63. The molecular formula is C24H26ClN9O3. The molecule has 192 valence electrons. The summed E-state index contributed by atoms with van der Waals surface area (Å²) in [6.07, 6.45) is 7.97. The second-order valence-electron chi connectivity index (χ2n) is 9.97. The molecule has 5 aromatic heterocycles. The molecule has 0 aromatic carbocycles. The van der Waals surface area contributed by atoms with Crippen LogP contribution < -0.4 is 10.1 Å². The average molecular weight is 524 g/mol. The van der Waals surface area contributed by atoms with E-state index in [1.165, 1.54) is 6.20 Å². The van der Waals surface area contributed by atoms with Gasteiger partial charge in [-0.3, -0.25) is 9.67 Å². The number of aliphatic hydroxyl groups excluding tert-OH is 1. The summed E-state index contributed by atoms with van der Waals surface area (Å²) in [5, 5.41) is 23.0. The SMILES string of the molecule is Cn1c(Nc2cc(C(C)(C)C)n([C@@H]3CCO[C@H]3O)n2)nc2ncc(Oc3cnn4ccncc34)c(Cl)c21. The molecule has 0 aliphatic carbocycles. The van der Waals surface area contributed by atoms with Gasteiger partial charge in [0.05, 0.1) is 25.2 Å². The molecule has 12 nitrogen and oxygen atoms in total. The fraction of sp³-hybridized carbons (Fsp3) is 0.375. The molecule has 0 spiro atoms. The maximum absolute atomic E-state index is 10.3. The molecule has 37 heavy (non-hydrogen) atoms. The number of aryl methyl sites for hydroxylation is 1. The first-order valence-electron chi connectivity index (χ1n) is 11.8. The molecule has 6 rings (SSSR count). The first-order valence-corrected chi connectivity index (χ1v) is 12.2. The highest BCUT2D eigenvalue weighted by Gasteiger charge is 2.33. The highest BCUT2D eigenvalue weighted by molar-refractivity contribution is 6.36. The Hall–Kier alpha value is -3.74. The lowest BCUT2D eigenvalue weighted by Gasteiger charge is -2.24. The molecule has 0 unspecified atom stereocenters. The monoisotopic (exact) mass is 523 g/mol. The van der Waals surface area contributed by atoms with Crippen LogP contribution in [0.5, 0.6) is 11.5 Å². The van der Waals surface area contributed by atoms with Gasteiger partial charge in [-0.1, -0.05) is 32.4 Å². The number of halogens is 1. The van der Waals surface area contributed by atoms with Gasteiger partial charge < -0.3 is 24.5 Å². The van der Waals surface area contributed by atoms with Gasteiger partial charge in [-0.2, -0.15) is 15.2 Å². The lowest BCUT2D eigenvalue weighted by atomic mass is 9.91. The molecule has 0 saturated carbocycles. The van der Waals surface area contributed by atoms with Crippen LogP contribution in [0.4, 0.5) is 11.8 Å². The molecule has 0 radical (unpaired) electrons. The fourth-order valence-electron chi connectivity index (χ4n) is 4.49. The van der Waals surface area contributed by atoms with Crippen LogP contribution in [0.3, 0.4) is 0 Å². The topological polar surface area (TPSA) is 129 Å². The number of imidazole rings is 1. The molecule has 1 saturated heterocycles. The summed E-state index contributed by atoms with van der Waals surface area (Å²) < 4.78 is 16.7. The van der Waals surface area contributed by atoms with Crippen LogP contribution in [0.15, 0.2) is 37.1 Å². The Kier molecular flexibility index (Phi) is 5.55. The van der Waals surface area contributed by atoms with E-state index >= 15 is 0 Å². The van der Waals surface area contributed by atoms with Crippen molar-refractivity contribution in [3.8, 4) is 11.5 Å². The predicted octanol–water partition coefficient (Wildman–Crippen LogP) is 3.97. The molecule has 0 amide bonds. The molecule has 5 aromatic rings. The first kappa shape index (κ1) is 23.6. The zero-order valence-corrected chi connectivity index (χ0v) is 21.5. The maximum Gasteiger partial charge on any atom is 0.210 e. The predicted molar refractivity (Wildman–Crippen MR) is 136 cm³/mol. The number of hydrogen-bond acceptors (Lipinski definition) is 9. The van der Waals surface area contributed by atoms with E-state index < -0.39 is 6.29 Å². The van der Waals surface area contributed by atoms with E-state index in [2.05, 4.69) is 46.1 Å². The number of rotatable bonds is 5. The number of fused-ring (bicyclic) bond motifs is 2. The lowest BCUT2D eigenvalue weighted by molar-refractivity contribution is -0.0809. The number of ether oxygens (including phenoxy) is 2. The highest BCUT2D eigenvalue weighted by Crippen LogP contribution is 2.37. The Balaban J connectivity index is 1.34. The second kappa shape index (κ2) is 8.68. The number of aromatic nitrogens is 8. The summed E-state index contributed by atoms with van der Waals surface area (Å²) in [4.78, 5) is 13.2. The normalized spacial score (nSPS) is 18.2. The van der Waals surface area contributed by atoms with E-state index in [0.29, 0.717) is 58.0 Å². The molecular weight excluding hydrogens is 498 g/mol. The summed E-state index contributed by atoms with van der Waals surface area (Å²) in [7, 11) is 1.84. The number of hydrogen-bond donors (Lipinski definition) is 2. The third kappa shape index (κ3) is 4.06. The summed E-state index contributed by atoms with van der Waals surface area (Å²) in [6.45, 7) is 6.80. The number of anilines is 2. The zero-order valence-electron chi connectivity index (χ0n) is 20.8. The standard InChI is InChI=1S/C24H26ClN9O3/c1-24(2,3)17-9-18(31-34(17)13-5-8-36-22(13)35)29-23-30-21-20(32(23)4)19(25)16(11-27-21)37-15-12-28-33-7-6-26-10-14(15)33/h6-7,9-13,22,35H,5,8H2,1-4H3,(H,27,29,30,31)/t13-,22-/m1/s1. The van der Waals surface area contributed by atoms with Crippen molar-refractivity contribution in [2.45, 2.75) is 44.9 Å². The Labute approximate surface area is 216 Å². The molecule has 6 heterocycles. The quantitative estimate of drug-likeness (QED) is 0.351. The largest absolute Gasteiger partial charge is 0.450 e. The van der Waals surface area contributed by atoms with E-state index in [4.69, 9.17) is 26.2 Å². The second-order valence-corrected chi connectivity index (χ2v) is 10.3. The van der Waals surface area contributed by atoms with Crippen molar-refractivity contribution in [2.75, 3.05) is 11.9 Å². The summed E-state index contributed by atoms with van der Waals surface area (Å²) in [5.41, 5.74) is 2.53. The van der Waals surface area contributed by atoms with Gasteiger partial charge in [-0.15, -0.1) is 0 Å². The van der Waals surface area contributed by atoms with E-state index in [0.717, 1.165) is 5.69 Å². The minimum Gasteiger partial charge on any atom is -0.450 e. The van der Waals surface area contributed by atoms with Gasteiger partial charge in [0.25, 0.3) is 0 Å². The highest BCUT2D eigenvalue weighted by atomic mass is 35.5. The van der Waals surface area contributed by atoms with Crippen LogP contribution in [0.1, 0.15) is 38.9 Å². The molecule has 2 atom stereocenters. The minimum atomic E-state index is -0.894. The van der Waals surface area contributed by atoms with Gasteiger partial charge in [0.1, 0.15) is 22.1 Å². The van der Waals surface area contributed by atoms with Gasteiger partial charge >= 0.3 is 0 Å². The first-order chi connectivity index (χ1) is 17.7. The molecule has 1 aliphatic heterocycles. The van der Waals surface area contributed by atoms with E-state index in [1.54, 1.807) is 33.9 Å². The molecule has 1 fully saturated rings. The van der Waals surface area contributed by atoms with Gasteiger partial charge in [-0.05, 0) is 6.42 Å². The number of pyridine rings is 1.